The topological polar surface area (TPSA) is 57.9 Å². The molecule has 2 N–H and O–H groups in total. The summed E-state index contributed by atoms with van der Waals surface area (Å²) in [5, 5.41) is 13.1. The van der Waals surface area contributed by atoms with E-state index in [1.807, 2.05) is 12.1 Å². The van der Waals surface area contributed by atoms with Crippen LogP contribution >= 0.6 is 0 Å². The first-order valence-electron chi connectivity index (χ1n) is 6.91. The molecule has 1 aliphatic rings. The number of hydrogen-bond acceptors (Lipinski definition) is 5. The zero-order valence-corrected chi connectivity index (χ0v) is 11.5. The molecule has 0 amide bonds. The second-order valence-electron chi connectivity index (χ2n) is 5.32. The molecule has 0 radical (unpaired) electrons. The van der Waals surface area contributed by atoms with Crippen molar-refractivity contribution in [3.8, 4) is 0 Å². The van der Waals surface area contributed by atoms with E-state index < -0.39 is 6.10 Å². The molecule has 0 aromatic carbocycles. The van der Waals surface area contributed by atoms with Crippen molar-refractivity contribution in [3.05, 3.63) is 24.2 Å². The number of nitrogens with one attached hydrogen (secondary N) is 1. The molecule has 1 aromatic rings. The number of aliphatic hydroxyl groups excluding tert-OH is 1. The molecule has 2 atom stereocenters. The first-order chi connectivity index (χ1) is 9.24. The summed E-state index contributed by atoms with van der Waals surface area (Å²) in [7, 11) is 2.15. The summed E-state index contributed by atoms with van der Waals surface area (Å²) < 4.78 is 10.5. The average molecular weight is 268 g/mol. The molecule has 1 aromatic heterocycles. The van der Waals surface area contributed by atoms with Crippen LogP contribution in [0, 0.1) is 5.92 Å². The Labute approximate surface area is 114 Å². The molecule has 1 fully saturated rings. The zero-order valence-electron chi connectivity index (χ0n) is 11.5. The van der Waals surface area contributed by atoms with Crippen molar-refractivity contribution in [2.45, 2.75) is 19.1 Å². The summed E-state index contributed by atoms with van der Waals surface area (Å²) in [6, 6.07) is 3.69. The van der Waals surface area contributed by atoms with Gasteiger partial charge in [-0.25, -0.2) is 0 Å². The molecule has 5 heteroatoms. The van der Waals surface area contributed by atoms with E-state index >= 15 is 0 Å². The van der Waals surface area contributed by atoms with Gasteiger partial charge in [0.05, 0.1) is 19.0 Å². The number of hydrogen-bond donors (Lipinski definition) is 2. The summed E-state index contributed by atoms with van der Waals surface area (Å²) in [4.78, 5) is 2.34. The van der Waals surface area contributed by atoms with Crippen molar-refractivity contribution >= 4 is 0 Å². The first kappa shape index (κ1) is 14.5. The lowest BCUT2D eigenvalue weighted by molar-refractivity contribution is 0.0224. The third kappa shape index (κ3) is 5.32. The van der Waals surface area contributed by atoms with Crippen molar-refractivity contribution in [2.24, 2.45) is 5.92 Å². The molecule has 0 spiro atoms. The van der Waals surface area contributed by atoms with E-state index in [0.29, 0.717) is 25.7 Å². The maximum atomic E-state index is 9.78. The van der Waals surface area contributed by atoms with Crippen molar-refractivity contribution in [3.63, 3.8) is 0 Å². The fourth-order valence-electron chi connectivity index (χ4n) is 2.40. The largest absolute Gasteiger partial charge is 0.467 e. The quantitative estimate of drug-likeness (QED) is 0.727. The summed E-state index contributed by atoms with van der Waals surface area (Å²) >= 11 is 0. The molecule has 2 heterocycles. The molecule has 2 rings (SSSR count). The molecule has 1 aliphatic heterocycles. The van der Waals surface area contributed by atoms with Crippen LogP contribution in [-0.4, -0.2) is 55.9 Å². The highest BCUT2D eigenvalue weighted by molar-refractivity contribution is 4.96. The van der Waals surface area contributed by atoms with E-state index in [0.717, 1.165) is 18.8 Å². The van der Waals surface area contributed by atoms with Crippen LogP contribution in [0.1, 0.15) is 12.2 Å². The average Bonchev–Trinajstić information content (AvgIpc) is 3.01. The van der Waals surface area contributed by atoms with Crippen molar-refractivity contribution < 1.29 is 14.3 Å². The van der Waals surface area contributed by atoms with Gasteiger partial charge in [0.2, 0.25) is 0 Å². The smallest absolute Gasteiger partial charge is 0.129 e. The van der Waals surface area contributed by atoms with Crippen LogP contribution < -0.4 is 5.32 Å². The number of furan rings is 1. The zero-order chi connectivity index (χ0) is 13.5. The van der Waals surface area contributed by atoms with Gasteiger partial charge in [-0.3, -0.25) is 0 Å². The fraction of sp³-hybridized carbons (Fsp3) is 0.714. The van der Waals surface area contributed by atoms with E-state index in [1.165, 1.54) is 13.0 Å². The van der Waals surface area contributed by atoms with Crippen LogP contribution in [0.15, 0.2) is 22.8 Å². The molecular weight excluding hydrogens is 244 g/mol. The van der Waals surface area contributed by atoms with Gasteiger partial charge in [0.25, 0.3) is 0 Å². The predicted molar refractivity (Wildman–Crippen MR) is 72.8 cm³/mol. The Morgan fingerprint density at radius 2 is 2.53 bits per heavy atom. The molecular formula is C14H24N2O3. The van der Waals surface area contributed by atoms with Gasteiger partial charge in [-0.2, -0.15) is 0 Å². The second kappa shape index (κ2) is 7.65. The summed E-state index contributed by atoms with van der Waals surface area (Å²) in [5.74, 6) is 1.50. The summed E-state index contributed by atoms with van der Waals surface area (Å²) in [5.41, 5.74) is 0. The Bertz CT molecular complexity index is 342. The number of ether oxygens (including phenoxy) is 1. The maximum Gasteiger partial charge on any atom is 0.129 e. The molecule has 0 bridgehead atoms. The molecule has 0 aliphatic carbocycles. The number of likely N-dealkylation sites (tertiary alicyclic amines) is 1. The molecule has 5 nitrogen and oxygen atoms in total. The molecule has 0 saturated carbocycles. The summed E-state index contributed by atoms with van der Waals surface area (Å²) in [6.45, 7) is 4.63. The minimum Gasteiger partial charge on any atom is -0.467 e. The number of rotatable bonds is 8. The fourth-order valence-corrected chi connectivity index (χ4v) is 2.40. The van der Waals surface area contributed by atoms with Gasteiger partial charge in [-0.1, -0.05) is 0 Å². The van der Waals surface area contributed by atoms with Crippen LogP contribution in [0.25, 0.3) is 0 Å². The minimum absolute atomic E-state index is 0.332. The van der Waals surface area contributed by atoms with Gasteiger partial charge >= 0.3 is 0 Å². The van der Waals surface area contributed by atoms with Crippen molar-refractivity contribution in [1.82, 2.24) is 10.2 Å². The molecule has 108 valence electrons. The van der Waals surface area contributed by atoms with E-state index in [2.05, 4.69) is 17.3 Å². The van der Waals surface area contributed by atoms with Gasteiger partial charge < -0.3 is 24.5 Å². The number of nitrogens with zero attached hydrogens (tertiary/aromatic N) is 1. The Hall–Kier alpha value is -0.880. The lowest BCUT2D eigenvalue weighted by atomic mass is 10.1. The van der Waals surface area contributed by atoms with Gasteiger partial charge in [-0.15, -0.1) is 0 Å². The highest BCUT2D eigenvalue weighted by atomic mass is 16.5. The third-order valence-electron chi connectivity index (χ3n) is 3.44. The minimum atomic E-state index is -0.464. The summed E-state index contributed by atoms with van der Waals surface area (Å²) in [6.07, 6.45) is 2.40. The molecule has 19 heavy (non-hydrogen) atoms. The SMILES string of the molecule is CN1CCC(CNCC(O)COCc2ccco2)C1. The Morgan fingerprint density at radius 1 is 1.63 bits per heavy atom. The Balaban J connectivity index is 1.49. The van der Waals surface area contributed by atoms with E-state index in [-0.39, 0.29) is 0 Å². The Morgan fingerprint density at radius 3 is 3.21 bits per heavy atom. The van der Waals surface area contributed by atoms with Gasteiger partial charge in [-0.05, 0) is 44.6 Å². The first-order valence-corrected chi connectivity index (χ1v) is 6.91. The second-order valence-corrected chi connectivity index (χ2v) is 5.32. The van der Waals surface area contributed by atoms with Gasteiger partial charge in [0, 0.05) is 13.1 Å². The van der Waals surface area contributed by atoms with Crippen LogP contribution in [0.4, 0.5) is 0 Å². The normalized spacial score (nSPS) is 21.9. The monoisotopic (exact) mass is 268 g/mol. The third-order valence-corrected chi connectivity index (χ3v) is 3.44. The highest BCUT2D eigenvalue weighted by Gasteiger charge is 2.18. The van der Waals surface area contributed by atoms with Crippen LogP contribution in [0.5, 0.6) is 0 Å². The van der Waals surface area contributed by atoms with Crippen molar-refractivity contribution in [2.75, 3.05) is 39.8 Å². The van der Waals surface area contributed by atoms with Gasteiger partial charge in [0.15, 0.2) is 0 Å². The highest BCUT2D eigenvalue weighted by Crippen LogP contribution is 2.12. The van der Waals surface area contributed by atoms with E-state index in [9.17, 15) is 5.11 Å². The lowest BCUT2D eigenvalue weighted by Gasteiger charge is -2.15. The number of aliphatic hydroxyl groups is 1. The lowest BCUT2D eigenvalue weighted by Crippen LogP contribution is -2.34. The molecule has 2 unspecified atom stereocenters. The van der Waals surface area contributed by atoms with E-state index in [4.69, 9.17) is 9.15 Å². The maximum absolute atomic E-state index is 9.78. The van der Waals surface area contributed by atoms with Crippen LogP contribution in [0.2, 0.25) is 0 Å². The van der Waals surface area contributed by atoms with Crippen molar-refractivity contribution in [1.29, 1.82) is 0 Å². The van der Waals surface area contributed by atoms with Crippen LogP contribution in [-0.2, 0) is 11.3 Å². The van der Waals surface area contributed by atoms with E-state index in [1.54, 1.807) is 6.26 Å². The molecule has 1 saturated heterocycles. The standard InChI is InChI=1S/C14H24N2O3/c1-16-5-4-12(9-16)7-15-8-13(17)10-18-11-14-3-2-6-19-14/h2-3,6,12-13,15,17H,4-5,7-11H2,1H3. The Kier molecular flexibility index (Phi) is 5.85. The van der Waals surface area contributed by atoms with Crippen LogP contribution in [0.3, 0.4) is 0 Å². The van der Waals surface area contributed by atoms with Gasteiger partial charge in [0.1, 0.15) is 12.4 Å². The predicted octanol–water partition coefficient (Wildman–Crippen LogP) is 0.698.